The van der Waals surface area contributed by atoms with Gasteiger partial charge in [0.25, 0.3) is 0 Å². The molecule has 1 atom stereocenters. The summed E-state index contributed by atoms with van der Waals surface area (Å²) >= 11 is 0. The van der Waals surface area contributed by atoms with Crippen molar-refractivity contribution < 1.29 is 4.74 Å². The fourth-order valence-corrected chi connectivity index (χ4v) is 3.98. The first-order valence-electron chi connectivity index (χ1n) is 8.68. The van der Waals surface area contributed by atoms with Crippen molar-refractivity contribution in [2.45, 2.75) is 52.9 Å². The van der Waals surface area contributed by atoms with Gasteiger partial charge in [0.15, 0.2) is 0 Å². The third kappa shape index (κ3) is 3.75. The molecule has 0 aromatic heterocycles. The molecule has 0 aromatic rings. The predicted molar refractivity (Wildman–Crippen MR) is 85.1 cm³/mol. The van der Waals surface area contributed by atoms with Crippen LogP contribution in [0.5, 0.6) is 0 Å². The fraction of sp³-hybridized carbons (Fsp3) is 1.00. The molecule has 2 fully saturated rings. The summed E-state index contributed by atoms with van der Waals surface area (Å²) in [5.74, 6) is 0. The Morgan fingerprint density at radius 2 is 1.70 bits per heavy atom. The molecule has 0 saturated carbocycles. The Hall–Kier alpha value is -0.120. The molecule has 2 heterocycles. The molecule has 2 aliphatic rings. The highest BCUT2D eigenvalue weighted by Gasteiger charge is 2.38. The first kappa shape index (κ1) is 16.3. The lowest BCUT2D eigenvalue weighted by molar-refractivity contribution is 0.0523. The van der Waals surface area contributed by atoms with Crippen LogP contribution in [0.2, 0.25) is 0 Å². The Kier molecular flexibility index (Phi) is 5.88. The summed E-state index contributed by atoms with van der Waals surface area (Å²) in [6, 6.07) is 0. The molecule has 3 nitrogen and oxygen atoms in total. The Labute approximate surface area is 125 Å². The summed E-state index contributed by atoms with van der Waals surface area (Å²) in [5, 5.41) is 3.55. The zero-order chi connectivity index (χ0) is 14.5. The van der Waals surface area contributed by atoms with E-state index in [-0.39, 0.29) is 0 Å². The second kappa shape index (κ2) is 7.24. The van der Waals surface area contributed by atoms with Gasteiger partial charge in [0, 0.05) is 25.1 Å². The van der Waals surface area contributed by atoms with Crippen molar-refractivity contribution in [3.05, 3.63) is 0 Å². The van der Waals surface area contributed by atoms with Gasteiger partial charge in [-0.3, -0.25) is 0 Å². The summed E-state index contributed by atoms with van der Waals surface area (Å²) in [5.41, 5.74) is 1.01. The predicted octanol–water partition coefficient (Wildman–Crippen LogP) is 2.90. The average molecular weight is 282 g/mol. The van der Waals surface area contributed by atoms with Gasteiger partial charge in [0.05, 0.1) is 6.61 Å². The zero-order valence-electron chi connectivity index (χ0n) is 13.8. The van der Waals surface area contributed by atoms with E-state index in [4.69, 9.17) is 4.74 Å². The third-order valence-electron chi connectivity index (χ3n) is 5.91. The van der Waals surface area contributed by atoms with Gasteiger partial charge < -0.3 is 15.0 Å². The first-order chi connectivity index (χ1) is 9.67. The summed E-state index contributed by atoms with van der Waals surface area (Å²) < 4.78 is 5.72. The summed E-state index contributed by atoms with van der Waals surface area (Å²) in [7, 11) is 0. The van der Waals surface area contributed by atoms with Gasteiger partial charge in [0.1, 0.15) is 0 Å². The van der Waals surface area contributed by atoms with Crippen LogP contribution in [0.4, 0.5) is 0 Å². The van der Waals surface area contributed by atoms with E-state index in [1.807, 2.05) is 0 Å². The van der Waals surface area contributed by atoms with Gasteiger partial charge >= 0.3 is 0 Å². The van der Waals surface area contributed by atoms with E-state index in [0.29, 0.717) is 10.8 Å². The second-order valence-corrected chi connectivity index (χ2v) is 7.07. The number of nitrogens with zero attached hydrogens (tertiary/aromatic N) is 1. The van der Waals surface area contributed by atoms with Gasteiger partial charge in [-0.05, 0) is 44.3 Å². The van der Waals surface area contributed by atoms with Crippen LogP contribution in [-0.4, -0.2) is 50.8 Å². The van der Waals surface area contributed by atoms with Gasteiger partial charge in [-0.2, -0.15) is 0 Å². The summed E-state index contributed by atoms with van der Waals surface area (Å²) in [6.07, 6.45) is 6.70. The van der Waals surface area contributed by atoms with E-state index in [9.17, 15) is 0 Å². The van der Waals surface area contributed by atoms with Crippen molar-refractivity contribution in [1.29, 1.82) is 0 Å². The van der Waals surface area contributed by atoms with Crippen molar-refractivity contribution in [1.82, 2.24) is 10.2 Å². The van der Waals surface area contributed by atoms with Crippen LogP contribution >= 0.6 is 0 Å². The smallest absolute Gasteiger partial charge is 0.0547 e. The molecule has 0 aliphatic carbocycles. The maximum absolute atomic E-state index is 5.72. The molecule has 2 rings (SSSR count). The third-order valence-corrected chi connectivity index (χ3v) is 5.91. The molecule has 0 amide bonds. The van der Waals surface area contributed by atoms with Gasteiger partial charge in [0.2, 0.25) is 0 Å². The molecular formula is C17H34N2O. The standard InChI is InChI=1S/C17H34N2O/c1-4-16(5-2)7-10-19(11-8-16)14-17(13-18-6-3)9-12-20-15-17/h18H,4-15H2,1-3H3. The molecular weight excluding hydrogens is 248 g/mol. The van der Waals surface area contributed by atoms with Crippen LogP contribution < -0.4 is 5.32 Å². The van der Waals surface area contributed by atoms with Crippen LogP contribution in [0, 0.1) is 10.8 Å². The lowest BCUT2D eigenvalue weighted by Crippen LogP contribution is -2.48. The molecule has 2 aliphatic heterocycles. The molecule has 1 unspecified atom stereocenters. The lowest BCUT2D eigenvalue weighted by atomic mass is 9.73. The summed E-state index contributed by atoms with van der Waals surface area (Å²) in [4.78, 5) is 2.70. The van der Waals surface area contributed by atoms with E-state index in [1.165, 1.54) is 51.7 Å². The van der Waals surface area contributed by atoms with Crippen molar-refractivity contribution in [3.8, 4) is 0 Å². The van der Waals surface area contributed by atoms with Crippen molar-refractivity contribution in [2.75, 3.05) is 45.9 Å². The first-order valence-corrected chi connectivity index (χ1v) is 8.68. The molecule has 0 bridgehead atoms. The SMILES string of the molecule is CCNCC1(CN2CCC(CC)(CC)CC2)CCOC1. The molecule has 2 saturated heterocycles. The fourth-order valence-electron chi connectivity index (χ4n) is 3.98. The van der Waals surface area contributed by atoms with Crippen LogP contribution in [0.15, 0.2) is 0 Å². The number of hydrogen-bond acceptors (Lipinski definition) is 3. The number of ether oxygens (including phenoxy) is 1. The van der Waals surface area contributed by atoms with Gasteiger partial charge in [-0.25, -0.2) is 0 Å². The molecule has 0 spiro atoms. The molecule has 20 heavy (non-hydrogen) atoms. The molecule has 1 N–H and O–H groups in total. The normalized spacial score (nSPS) is 30.8. The Balaban J connectivity index is 1.86. The number of rotatable bonds is 7. The Morgan fingerprint density at radius 1 is 1.00 bits per heavy atom. The minimum Gasteiger partial charge on any atom is -0.381 e. The minimum absolute atomic E-state index is 0.369. The largest absolute Gasteiger partial charge is 0.381 e. The van der Waals surface area contributed by atoms with Crippen molar-refractivity contribution in [3.63, 3.8) is 0 Å². The van der Waals surface area contributed by atoms with Crippen LogP contribution in [0.25, 0.3) is 0 Å². The van der Waals surface area contributed by atoms with E-state index < -0.39 is 0 Å². The zero-order valence-corrected chi connectivity index (χ0v) is 13.8. The Morgan fingerprint density at radius 3 is 2.20 bits per heavy atom. The van der Waals surface area contributed by atoms with Crippen molar-refractivity contribution in [2.24, 2.45) is 10.8 Å². The number of piperidine rings is 1. The van der Waals surface area contributed by atoms with Gasteiger partial charge in [-0.1, -0.05) is 33.6 Å². The highest BCUT2D eigenvalue weighted by atomic mass is 16.5. The second-order valence-electron chi connectivity index (χ2n) is 7.07. The molecule has 118 valence electrons. The van der Waals surface area contributed by atoms with E-state index in [2.05, 4.69) is 31.0 Å². The lowest BCUT2D eigenvalue weighted by Gasteiger charge is -2.44. The maximum Gasteiger partial charge on any atom is 0.0547 e. The topological polar surface area (TPSA) is 24.5 Å². The van der Waals surface area contributed by atoms with Crippen LogP contribution in [-0.2, 0) is 4.74 Å². The Bertz CT molecular complexity index is 273. The highest BCUT2D eigenvalue weighted by Crippen LogP contribution is 2.39. The van der Waals surface area contributed by atoms with Crippen LogP contribution in [0.1, 0.15) is 52.9 Å². The average Bonchev–Trinajstić information content (AvgIpc) is 2.95. The number of likely N-dealkylation sites (tertiary alicyclic amines) is 1. The maximum atomic E-state index is 5.72. The van der Waals surface area contributed by atoms with Crippen molar-refractivity contribution >= 4 is 0 Å². The highest BCUT2D eigenvalue weighted by molar-refractivity contribution is 4.91. The molecule has 0 aromatic carbocycles. The van der Waals surface area contributed by atoms with Gasteiger partial charge in [-0.15, -0.1) is 0 Å². The molecule has 3 heteroatoms. The number of hydrogen-bond donors (Lipinski definition) is 1. The summed E-state index contributed by atoms with van der Waals surface area (Å²) in [6.45, 7) is 14.8. The minimum atomic E-state index is 0.369. The quantitative estimate of drug-likeness (QED) is 0.777. The monoisotopic (exact) mass is 282 g/mol. The number of nitrogens with one attached hydrogen (secondary N) is 1. The van der Waals surface area contributed by atoms with E-state index in [1.54, 1.807) is 0 Å². The van der Waals surface area contributed by atoms with E-state index >= 15 is 0 Å². The van der Waals surface area contributed by atoms with E-state index in [0.717, 1.165) is 26.3 Å². The van der Waals surface area contributed by atoms with Crippen LogP contribution in [0.3, 0.4) is 0 Å². The molecule has 0 radical (unpaired) electrons.